The molecule has 7 heteroatoms. The van der Waals surface area contributed by atoms with Crippen molar-refractivity contribution in [1.29, 1.82) is 0 Å². The van der Waals surface area contributed by atoms with E-state index < -0.39 is 17.7 Å². The van der Waals surface area contributed by atoms with E-state index in [1.165, 1.54) is 0 Å². The molecular formula is C25H42N2O5. The molecule has 2 heterocycles. The molecule has 0 bridgehead atoms. The molecule has 1 aliphatic rings. The van der Waals surface area contributed by atoms with Gasteiger partial charge in [-0.2, -0.15) is 0 Å². The van der Waals surface area contributed by atoms with Crippen LogP contribution in [0, 0.1) is 19.3 Å². The fraction of sp³-hybridized carbons (Fsp3) is 0.760. The Hall–Kier alpha value is -1.70. The molecule has 32 heavy (non-hydrogen) atoms. The van der Waals surface area contributed by atoms with Gasteiger partial charge in [-0.1, -0.05) is 13.8 Å². The second-order valence-corrected chi connectivity index (χ2v) is 10.4. The van der Waals surface area contributed by atoms with Crippen LogP contribution in [-0.2, 0) is 25.6 Å². The number of carboxylic acids is 1. The van der Waals surface area contributed by atoms with E-state index in [2.05, 4.69) is 18.7 Å². The number of hydrogen-bond acceptors (Lipinski definition) is 6. The van der Waals surface area contributed by atoms with Crippen molar-refractivity contribution < 1.29 is 24.1 Å². The standard InChI is InChI=1S/C25H42N2O5/c1-9-30-14-15-31-16-19-17(2)21(27-12-10-25(7,8)11-13-27)20(18(3)26-19)22(23(28)29)32-24(4,5)6/h22H,9-16H2,1-8H3,(H,28,29). The van der Waals surface area contributed by atoms with Crippen LogP contribution in [0.15, 0.2) is 0 Å². The Labute approximate surface area is 193 Å². The minimum atomic E-state index is -1.08. The van der Waals surface area contributed by atoms with Crippen molar-refractivity contribution in [3.63, 3.8) is 0 Å². The van der Waals surface area contributed by atoms with E-state index in [1.807, 2.05) is 41.5 Å². The van der Waals surface area contributed by atoms with Crippen LogP contribution in [-0.4, -0.2) is 54.6 Å². The lowest BCUT2D eigenvalue weighted by molar-refractivity contribution is -0.160. The highest BCUT2D eigenvalue weighted by atomic mass is 16.5. The number of ether oxygens (including phenoxy) is 3. The van der Waals surface area contributed by atoms with Gasteiger partial charge in [0.05, 0.1) is 31.1 Å². The number of aliphatic carboxylic acids is 1. The third-order valence-electron chi connectivity index (χ3n) is 5.94. The molecule has 0 aliphatic carbocycles. The number of piperidine rings is 1. The van der Waals surface area contributed by atoms with E-state index in [0.717, 1.165) is 42.9 Å². The van der Waals surface area contributed by atoms with Crippen molar-refractivity contribution in [2.45, 2.75) is 86.5 Å². The molecule has 0 aromatic carbocycles. The molecule has 1 aliphatic heterocycles. The van der Waals surface area contributed by atoms with Crippen LogP contribution in [0.4, 0.5) is 5.69 Å². The summed E-state index contributed by atoms with van der Waals surface area (Å²) >= 11 is 0. The van der Waals surface area contributed by atoms with Crippen LogP contribution in [0.3, 0.4) is 0 Å². The zero-order chi connectivity index (χ0) is 24.1. The van der Waals surface area contributed by atoms with Gasteiger partial charge in [0, 0.05) is 36.6 Å². The molecule has 0 amide bonds. The maximum absolute atomic E-state index is 12.3. The van der Waals surface area contributed by atoms with E-state index in [-0.39, 0.29) is 5.41 Å². The molecule has 7 nitrogen and oxygen atoms in total. The third-order valence-corrected chi connectivity index (χ3v) is 5.94. The van der Waals surface area contributed by atoms with E-state index in [4.69, 9.17) is 19.2 Å². The van der Waals surface area contributed by atoms with Gasteiger partial charge >= 0.3 is 5.97 Å². The van der Waals surface area contributed by atoms with E-state index >= 15 is 0 Å². The number of hydrogen-bond donors (Lipinski definition) is 1. The highest BCUT2D eigenvalue weighted by Gasteiger charge is 2.35. The predicted octanol–water partition coefficient (Wildman–Crippen LogP) is 4.82. The van der Waals surface area contributed by atoms with Gasteiger partial charge in [0.15, 0.2) is 6.10 Å². The molecule has 1 unspecified atom stereocenters. The first-order valence-electron chi connectivity index (χ1n) is 11.7. The van der Waals surface area contributed by atoms with Crippen molar-refractivity contribution >= 4 is 11.7 Å². The van der Waals surface area contributed by atoms with Crippen LogP contribution < -0.4 is 4.90 Å². The molecule has 1 aromatic rings. The average molecular weight is 451 g/mol. The maximum atomic E-state index is 12.3. The van der Waals surface area contributed by atoms with E-state index in [0.29, 0.717) is 37.7 Å². The van der Waals surface area contributed by atoms with Gasteiger partial charge in [-0.05, 0) is 65.4 Å². The summed E-state index contributed by atoms with van der Waals surface area (Å²) in [5.74, 6) is -0.997. The summed E-state index contributed by atoms with van der Waals surface area (Å²) < 4.78 is 17.2. The van der Waals surface area contributed by atoms with E-state index in [9.17, 15) is 9.90 Å². The number of rotatable bonds is 10. The SMILES string of the molecule is CCOCCOCc1nc(C)c(C(OC(C)(C)C)C(=O)O)c(N2CCC(C)(C)CC2)c1C. The van der Waals surface area contributed by atoms with Gasteiger partial charge in [-0.3, -0.25) is 4.98 Å². The van der Waals surface area contributed by atoms with Gasteiger partial charge in [0.25, 0.3) is 0 Å². The summed E-state index contributed by atoms with van der Waals surface area (Å²) in [5.41, 5.74) is 3.75. The fourth-order valence-corrected chi connectivity index (χ4v) is 4.07. The lowest BCUT2D eigenvalue weighted by Crippen LogP contribution is -2.39. The summed E-state index contributed by atoms with van der Waals surface area (Å²) in [7, 11) is 0. The first-order valence-corrected chi connectivity index (χ1v) is 11.7. The minimum absolute atomic E-state index is 0.284. The van der Waals surface area contributed by atoms with Crippen LogP contribution in [0.2, 0.25) is 0 Å². The number of carbonyl (C=O) groups is 1. The lowest BCUT2D eigenvalue weighted by atomic mass is 9.82. The largest absolute Gasteiger partial charge is 0.479 e. The smallest absolute Gasteiger partial charge is 0.337 e. The number of aryl methyl sites for hydroxylation is 1. The average Bonchev–Trinajstić information content (AvgIpc) is 2.68. The fourth-order valence-electron chi connectivity index (χ4n) is 4.07. The number of anilines is 1. The first kappa shape index (κ1) is 26.6. The molecule has 182 valence electrons. The number of pyridine rings is 1. The summed E-state index contributed by atoms with van der Waals surface area (Å²) in [4.78, 5) is 19.4. The summed E-state index contributed by atoms with van der Waals surface area (Å²) in [6, 6.07) is 0. The Morgan fingerprint density at radius 1 is 1.16 bits per heavy atom. The van der Waals surface area contributed by atoms with Crippen molar-refractivity contribution in [2.75, 3.05) is 37.8 Å². The Morgan fingerprint density at radius 3 is 2.28 bits per heavy atom. The second-order valence-electron chi connectivity index (χ2n) is 10.4. The van der Waals surface area contributed by atoms with Gasteiger partial charge in [0.1, 0.15) is 0 Å². The van der Waals surface area contributed by atoms with Gasteiger partial charge in [-0.25, -0.2) is 4.79 Å². The zero-order valence-corrected chi connectivity index (χ0v) is 21.2. The zero-order valence-electron chi connectivity index (χ0n) is 21.2. The topological polar surface area (TPSA) is 81.1 Å². The molecular weight excluding hydrogens is 408 g/mol. The summed E-state index contributed by atoms with van der Waals surface area (Å²) in [6.07, 6.45) is 1.01. The molecule has 1 saturated heterocycles. The Balaban J connectivity index is 2.49. The van der Waals surface area contributed by atoms with Gasteiger partial charge in [-0.15, -0.1) is 0 Å². The molecule has 0 saturated carbocycles. The molecule has 0 spiro atoms. The van der Waals surface area contributed by atoms with Crippen molar-refractivity contribution in [1.82, 2.24) is 4.98 Å². The number of aromatic nitrogens is 1. The van der Waals surface area contributed by atoms with E-state index in [1.54, 1.807) is 0 Å². The Morgan fingerprint density at radius 2 is 1.75 bits per heavy atom. The van der Waals surface area contributed by atoms with Crippen LogP contribution in [0.25, 0.3) is 0 Å². The Bertz CT molecular complexity index is 776. The van der Waals surface area contributed by atoms with Crippen molar-refractivity contribution in [2.24, 2.45) is 5.41 Å². The predicted molar refractivity (Wildman–Crippen MR) is 126 cm³/mol. The molecule has 2 rings (SSSR count). The molecule has 1 fully saturated rings. The molecule has 0 radical (unpaired) electrons. The summed E-state index contributed by atoms with van der Waals surface area (Å²) in [5, 5.41) is 10.1. The first-order chi connectivity index (χ1) is 14.9. The maximum Gasteiger partial charge on any atom is 0.337 e. The second kappa shape index (κ2) is 10.9. The van der Waals surface area contributed by atoms with Gasteiger partial charge < -0.3 is 24.2 Å². The van der Waals surface area contributed by atoms with Crippen LogP contribution >= 0.6 is 0 Å². The highest BCUT2D eigenvalue weighted by molar-refractivity contribution is 5.79. The van der Waals surface area contributed by atoms with Crippen molar-refractivity contribution in [3.05, 3.63) is 22.5 Å². The number of carboxylic acid groups (broad SMARTS) is 1. The monoisotopic (exact) mass is 450 g/mol. The molecule has 1 aromatic heterocycles. The van der Waals surface area contributed by atoms with Gasteiger partial charge in [0.2, 0.25) is 0 Å². The minimum Gasteiger partial charge on any atom is -0.479 e. The van der Waals surface area contributed by atoms with Crippen LogP contribution in [0.5, 0.6) is 0 Å². The number of nitrogens with zero attached hydrogens (tertiary/aromatic N) is 2. The van der Waals surface area contributed by atoms with Crippen molar-refractivity contribution in [3.8, 4) is 0 Å². The van der Waals surface area contributed by atoms with Crippen LogP contribution in [0.1, 0.15) is 83.0 Å². The highest BCUT2D eigenvalue weighted by Crippen LogP contribution is 2.40. The normalized spacial score (nSPS) is 17.4. The quantitative estimate of drug-likeness (QED) is 0.512. The Kier molecular flexibility index (Phi) is 9.08. The molecule has 1 atom stereocenters. The third kappa shape index (κ3) is 7.15. The lowest BCUT2D eigenvalue weighted by Gasteiger charge is -2.41. The molecule has 1 N–H and O–H groups in total. The summed E-state index contributed by atoms with van der Waals surface area (Å²) in [6.45, 7) is 19.9.